The lowest BCUT2D eigenvalue weighted by Crippen LogP contribution is -2.16. The molecule has 1 aliphatic heterocycles. The molecule has 1 fully saturated rings. The molecule has 0 amide bonds. The lowest BCUT2D eigenvalue weighted by Gasteiger charge is -2.11. The van der Waals surface area contributed by atoms with Crippen molar-refractivity contribution in [2.75, 3.05) is 13.2 Å². The van der Waals surface area contributed by atoms with E-state index in [1.807, 2.05) is 37.4 Å². The number of rotatable bonds is 5. The Labute approximate surface area is 118 Å². The number of nitrogens with zero attached hydrogens (tertiary/aromatic N) is 1. The van der Waals surface area contributed by atoms with E-state index in [0.717, 1.165) is 22.9 Å². The molecule has 3 rings (SSSR count). The van der Waals surface area contributed by atoms with Crippen LogP contribution in [0.1, 0.15) is 30.1 Å². The summed E-state index contributed by atoms with van der Waals surface area (Å²) in [6.45, 7) is 4.04. The number of benzene rings is 1. The number of ketones is 1. The Bertz CT molecular complexity index is 611. The fourth-order valence-corrected chi connectivity index (χ4v) is 2.58. The first kappa shape index (κ1) is 13.3. The van der Waals surface area contributed by atoms with Gasteiger partial charge in [-0.3, -0.25) is 4.79 Å². The predicted molar refractivity (Wildman–Crippen MR) is 76.9 cm³/mol. The minimum atomic E-state index is -0.160. The largest absolute Gasteiger partial charge is 0.348 e. The van der Waals surface area contributed by atoms with Gasteiger partial charge in [0.05, 0.1) is 19.8 Å². The average molecular weight is 273 g/mol. The van der Waals surface area contributed by atoms with Gasteiger partial charge >= 0.3 is 0 Å². The molecule has 2 heterocycles. The molecule has 0 saturated carbocycles. The van der Waals surface area contributed by atoms with Crippen molar-refractivity contribution in [2.45, 2.75) is 32.6 Å². The van der Waals surface area contributed by atoms with Crippen LogP contribution in [0.5, 0.6) is 0 Å². The summed E-state index contributed by atoms with van der Waals surface area (Å²) in [5.41, 5.74) is 1.91. The molecule has 0 aliphatic carbocycles. The van der Waals surface area contributed by atoms with Gasteiger partial charge in [0.25, 0.3) is 0 Å². The molecule has 2 aromatic rings. The molecular formula is C16H19NO3. The number of hydrogen-bond acceptors (Lipinski definition) is 3. The summed E-state index contributed by atoms with van der Waals surface area (Å²) >= 11 is 0. The molecule has 106 valence electrons. The van der Waals surface area contributed by atoms with Crippen molar-refractivity contribution in [3.8, 4) is 0 Å². The van der Waals surface area contributed by atoms with Gasteiger partial charge in [0.2, 0.25) is 0 Å². The second kappa shape index (κ2) is 5.77. The van der Waals surface area contributed by atoms with Crippen LogP contribution in [0.3, 0.4) is 0 Å². The minimum absolute atomic E-state index is 0.160. The van der Waals surface area contributed by atoms with Crippen LogP contribution >= 0.6 is 0 Å². The maximum atomic E-state index is 11.9. The summed E-state index contributed by atoms with van der Waals surface area (Å²) in [5.74, 6) is 0.213. The monoisotopic (exact) mass is 273 g/mol. The number of aromatic nitrogens is 1. The molecule has 0 atom stereocenters. The van der Waals surface area contributed by atoms with Crippen molar-refractivity contribution in [2.24, 2.45) is 0 Å². The Morgan fingerprint density at radius 1 is 1.30 bits per heavy atom. The zero-order chi connectivity index (χ0) is 13.9. The maximum Gasteiger partial charge on any atom is 0.175 e. The molecule has 0 bridgehead atoms. The van der Waals surface area contributed by atoms with Crippen molar-refractivity contribution in [1.82, 2.24) is 4.57 Å². The zero-order valence-electron chi connectivity index (χ0n) is 11.7. The summed E-state index contributed by atoms with van der Waals surface area (Å²) in [5, 5.41) is 1.09. The molecule has 1 saturated heterocycles. The van der Waals surface area contributed by atoms with E-state index in [0.29, 0.717) is 26.2 Å². The SMILES string of the molecule is CCCC(=O)c1ccc2c(ccn2CC2OCCO2)c1. The highest BCUT2D eigenvalue weighted by Crippen LogP contribution is 2.20. The fourth-order valence-electron chi connectivity index (χ4n) is 2.58. The van der Waals surface area contributed by atoms with Crippen LogP contribution in [0.4, 0.5) is 0 Å². The van der Waals surface area contributed by atoms with Crippen LogP contribution in [-0.2, 0) is 16.0 Å². The van der Waals surface area contributed by atoms with Gasteiger partial charge < -0.3 is 14.0 Å². The standard InChI is InChI=1S/C16H19NO3/c1-2-3-15(18)13-4-5-14-12(10-13)6-7-17(14)11-16-19-8-9-20-16/h4-7,10,16H,2-3,8-9,11H2,1H3. The van der Waals surface area contributed by atoms with Gasteiger partial charge in [0, 0.05) is 29.1 Å². The van der Waals surface area contributed by atoms with E-state index in [4.69, 9.17) is 9.47 Å². The third-order valence-corrected chi connectivity index (χ3v) is 3.61. The Morgan fingerprint density at radius 2 is 2.10 bits per heavy atom. The number of ether oxygens (including phenoxy) is 2. The van der Waals surface area contributed by atoms with E-state index in [-0.39, 0.29) is 12.1 Å². The lowest BCUT2D eigenvalue weighted by atomic mass is 10.1. The third kappa shape index (κ3) is 2.62. The van der Waals surface area contributed by atoms with Crippen molar-refractivity contribution >= 4 is 16.7 Å². The number of carbonyl (C=O) groups is 1. The maximum absolute atomic E-state index is 11.9. The Balaban J connectivity index is 1.84. The van der Waals surface area contributed by atoms with Gasteiger partial charge in [-0.1, -0.05) is 6.92 Å². The van der Waals surface area contributed by atoms with Crippen LogP contribution < -0.4 is 0 Å². The van der Waals surface area contributed by atoms with Gasteiger partial charge in [-0.2, -0.15) is 0 Å². The van der Waals surface area contributed by atoms with Crippen LogP contribution in [0.25, 0.3) is 10.9 Å². The summed E-state index contributed by atoms with van der Waals surface area (Å²) in [4.78, 5) is 11.9. The topological polar surface area (TPSA) is 40.5 Å². The predicted octanol–water partition coefficient (Wildman–Crippen LogP) is 3.00. The lowest BCUT2D eigenvalue weighted by molar-refractivity contribution is -0.0517. The van der Waals surface area contributed by atoms with Gasteiger partial charge in [-0.15, -0.1) is 0 Å². The van der Waals surface area contributed by atoms with Crippen LogP contribution in [0.15, 0.2) is 30.5 Å². The van der Waals surface area contributed by atoms with E-state index < -0.39 is 0 Å². The summed E-state index contributed by atoms with van der Waals surface area (Å²) in [7, 11) is 0. The zero-order valence-corrected chi connectivity index (χ0v) is 11.7. The molecule has 0 unspecified atom stereocenters. The highest BCUT2D eigenvalue weighted by Gasteiger charge is 2.17. The van der Waals surface area contributed by atoms with E-state index in [1.165, 1.54) is 0 Å². The smallest absolute Gasteiger partial charge is 0.175 e. The minimum Gasteiger partial charge on any atom is -0.348 e. The number of fused-ring (bicyclic) bond motifs is 1. The summed E-state index contributed by atoms with van der Waals surface area (Å²) in [6, 6.07) is 7.92. The van der Waals surface area contributed by atoms with Crippen molar-refractivity contribution in [1.29, 1.82) is 0 Å². The molecule has 4 heteroatoms. The molecular weight excluding hydrogens is 254 g/mol. The average Bonchev–Trinajstić information content (AvgIpc) is 3.09. The second-order valence-corrected chi connectivity index (χ2v) is 5.09. The number of Topliss-reactive ketones (excluding diaryl/α,β-unsaturated/α-hetero) is 1. The van der Waals surface area contributed by atoms with Gasteiger partial charge in [-0.25, -0.2) is 0 Å². The molecule has 0 spiro atoms. The van der Waals surface area contributed by atoms with Gasteiger partial charge in [0.1, 0.15) is 0 Å². The molecule has 4 nitrogen and oxygen atoms in total. The Kier molecular flexibility index (Phi) is 3.85. The van der Waals surface area contributed by atoms with Crippen LogP contribution in [-0.4, -0.2) is 29.9 Å². The number of hydrogen-bond donors (Lipinski definition) is 0. The van der Waals surface area contributed by atoms with Crippen LogP contribution in [0.2, 0.25) is 0 Å². The normalized spacial score (nSPS) is 16.1. The first-order valence-electron chi connectivity index (χ1n) is 7.13. The summed E-state index contributed by atoms with van der Waals surface area (Å²) < 4.78 is 13.1. The van der Waals surface area contributed by atoms with Gasteiger partial charge in [0.15, 0.2) is 12.1 Å². The molecule has 20 heavy (non-hydrogen) atoms. The number of carbonyl (C=O) groups excluding carboxylic acids is 1. The van der Waals surface area contributed by atoms with Crippen molar-refractivity contribution in [3.63, 3.8) is 0 Å². The summed E-state index contributed by atoms with van der Waals surface area (Å²) in [6.07, 6.45) is 3.35. The molecule has 0 radical (unpaired) electrons. The van der Waals surface area contributed by atoms with E-state index in [9.17, 15) is 4.79 Å². The van der Waals surface area contributed by atoms with Crippen molar-refractivity contribution < 1.29 is 14.3 Å². The first-order valence-corrected chi connectivity index (χ1v) is 7.13. The fraction of sp³-hybridized carbons (Fsp3) is 0.438. The Hall–Kier alpha value is -1.65. The third-order valence-electron chi connectivity index (χ3n) is 3.61. The first-order chi connectivity index (χ1) is 9.78. The van der Waals surface area contributed by atoms with E-state index in [2.05, 4.69) is 4.57 Å². The van der Waals surface area contributed by atoms with E-state index in [1.54, 1.807) is 0 Å². The quantitative estimate of drug-likeness (QED) is 0.786. The molecule has 0 N–H and O–H groups in total. The van der Waals surface area contributed by atoms with E-state index >= 15 is 0 Å². The highest BCUT2D eigenvalue weighted by molar-refractivity contribution is 5.99. The Morgan fingerprint density at radius 3 is 2.85 bits per heavy atom. The second-order valence-electron chi connectivity index (χ2n) is 5.09. The van der Waals surface area contributed by atoms with Crippen molar-refractivity contribution in [3.05, 3.63) is 36.0 Å². The highest BCUT2D eigenvalue weighted by atomic mass is 16.7. The molecule has 1 aliphatic rings. The van der Waals surface area contributed by atoms with Gasteiger partial charge in [-0.05, 0) is 30.7 Å². The van der Waals surface area contributed by atoms with Crippen LogP contribution in [0, 0.1) is 0 Å². The molecule has 1 aromatic heterocycles. The molecule has 1 aromatic carbocycles.